The first kappa shape index (κ1) is 14.1. The smallest absolute Gasteiger partial charge is 0.265 e. The number of rotatable bonds is 5. The number of nitrogens with two attached hydrogens (primary N) is 1. The monoisotopic (exact) mass is 252 g/mol. The molecule has 1 unspecified atom stereocenters. The Balaban J connectivity index is 2.63. The molecule has 0 aliphatic rings. The summed E-state index contributed by atoms with van der Waals surface area (Å²) in [6.45, 7) is 6.66. The SMILES string of the molecule is CC(C)C(C)SCc1cccc(C(=O)NN)c1. The van der Waals surface area contributed by atoms with Gasteiger partial charge in [-0.25, -0.2) is 5.84 Å². The van der Waals surface area contributed by atoms with Crippen LogP contribution in [-0.4, -0.2) is 11.2 Å². The quantitative estimate of drug-likeness (QED) is 0.481. The second-order valence-corrected chi connectivity index (χ2v) is 5.80. The summed E-state index contributed by atoms with van der Waals surface area (Å²) in [5, 5.41) is 0.613. The Labute approximate surface area is 107 Å². The summed E-state index contributed by atoms with van der Waals surface area (Å²) in [4.78, 5) is 11.4. The molecule has 17 heavy (non-hydrogen) atoms. The van der Waals surface area contributed by atoms with E-state index in [1.807, 2.05) is 30.0 Å². The van der Waals surface area contributed by atoms with Crippen LogP contribution in [0.5, 0.6) is 0 Å². The number of benzene rings is 1. The summed E-state index contributed by atoms with van der Waals surface area (Å²) in [5.74, 6) is 6.45. The van der Waals surface area contributed by atoms with Crippen LogP contribution in [0.25, 0.3) is 0 Å². The summed E-state index contributed by atoms with van der Waals surface area (Å²) in [6, 6.07) is 7.58. The zero-order valence-corrected chi connectivity index (χ0v) is 11.4. The van der Waals surface area contributed by atoms with Crippen LogP contribution >= 0.6 is 11.8 Å². The molecule has 1 atom stereocenters. The Kier molecular flexibility index (Phi) is 5.51. The van der Waals surface area contributed by atoms with Gasteiger partial charge in [0, 0.05) is 16.6 Å². The van der Waals surface area contributed by atoms with E-state index in [9.17, 15) is 4.79 Å². The van der Waals surface area contributed by atoms with Crippen molar-refractivity contribution in [3.63, 3.8) is 0 Å². The maximum absolute atomic E-state index is 11.4. The maximum Gasteiger partial charge on any atom is 0.265 e. The highest BCUT2D eigenvalue weighted by Gasteiger charge is 2.09. The van der Waals surface area contributed by atoms with Crippen LogP contribution < -0.4 is 11.3 Å². The number of carbonyl (C=O) groups excluding carboxylic acids is 1. The number of nitrogens with one attached hydrogen (secondary N) is 1. The molecule has 1 aromatic rings. The van der Waals surface area contributed by atoms with Crippen molar-refractivity contribution < 1.29 is 4.79 Å². The Morgan fingerprint density at radius 2 is 2.12 bits per heavy atom. The van der Waals surface area contributed by atoms with Gasteiger partial charge >= 0.3 is 0 Å². The molecule has 0 spiro atoms. The third kappa shape index (κ3) is 4.40. The fourth-order valence-electron chi connectivity index (χ4n) is 1.31. The predicted octanol–water partition coefficient (Wildman–Crippen LogP) is 2.57. The second kappa shape index (κ2) is 6.67. The minimum Gasteiger partial charge on any atom is -0.290 e. The number of thioether (sulfide) groups is 1. The third-order valence-electron chi connectivity index (χ3n) is 2.77. The molecule has 1 amide bonds. The van der Waals surface area contributed by atoms with Gasteiger partial charge in [0.15, 0.2) is 0 Å². The van der Waals surface area contributed by atoms with E-state index >= 15 is 0 Å². The fraction of sp³-hybridized carbons (Fsp3) is 0.462. The van der Waals surface area contributed by atoms with E-state index in [1.165, 1.54) is 0 Å². The minimum atomic E-state index is -0.242. The lowest BCUT2D eigenvalue weighted by Crippen LogP contribution is -2.29. The molecule has 0 heterocycles. The van der Waals surface area contributed by atoms with Crippen molar-refractivity contribution in [2.45, 2.75) is 31.8 Å². The first-order valence-corrected chi connectivity index (χ1v) is 6.81. The molecule has 0 aliphatic heterocycles. The average molecular weight is 252 g/mol. The van der Waals surface area contributed by atoms with E-state index < -0.39 is 0 Å². The molecule has 0 aromatic heterocycles. The Morgan fingerprint density at radius 3 is 2.71 bits per heavy atom. The molecule has 0 fully saturated rings. The molecule has 1 aromatic carbocycles. The van der Waals surface area contributed by atoms with Crippen LogP contribution in [0.2, 0.25) is 0 Å². The zero-order chi connectivity index (χ0) is 12.8. The van der Waals surface area contributed by atoms with Gasteiger partial charge in [0.1, 0.15) is 0 Å². The topological polar surface area (TPSA) is 55.1 Å². The van der Waals surface area contributed by atoms with Crippen molar-refractivity contribution >= 4 is 17.7 Å². The first-order chi connectivity index (χ1) is 8.04. The average Bonchev–Trinajstić information content (AvgIpc) is 2.35. The maximum atomic E-state index is 11.4. The standard InChI is InChI=1S/C13H20N2OS/c1-9(2)10(3)17-8-11-5-4-6-12(7-11)13(16)15-14/h4-7,9-10H,8,14H2,1-3H3,(H,15,16). The minimum absolute atomic E-state index is 0.242. The van der Waals surface area contributed by atoms with Crippen molar-refractivity contribution in [2.24, 2.45) is 11.8 Å². The van der Waals surface area contributed by atoms with Crippen LogP contribution in [0, 0.1) is 5.92 Å². The number of carbonyl (C=O) groups is 1. The van der Waals surface area contributed by atoms with Crippen LogP contribution in [0.15, 0.2) is 24.3 Å². The normalized spacial score (nSPS) is 12.5. The Bertz CT molecular complexity index is 379. The molecule has 0 saturated heterocycles. The van der Waals surface area contributed by atoms with Crippen LogP contribution in [0.1, 0.15) is 36.7 Å². The van der Waals surface area contributed by atoms with E-state index in [2.05, 4.69) is 26.2 Å². The Hall–Kier alpha value is -1.00. The molecule has 94 valence electrons. The zero-order valence-electron chi connectivity index (χ0n) is 10.6. The number of hydrogen-bond donors (Lipinski definition) is 2. The Morgan fingerprint density at radius 1 is 1.41 bits per heavy atom. The molecular weight excluding hydrogens is 232 g/mol. The highest BCUT2D eigenvalue weighted by Crippen LogP contribution is 2.23. The van der Waals surface area contributed by atoms with Gasteiger partial charge in [-0.05, 0) is 23.6 Å². The van der Waals surface area contributed by atoms with Crippen LogP contribution in [-0.2, 0) is 5.75 Å². The molecule has 0 saturated carbocycles. The lowest BCUT2D eigenvalue weighted by Gasteiger charge is -2.14. The van der Waals surface area contributed by atoms with Crippen molar-refractivity contribution in [3.05, 3.63) is 35.4 Å². The van der Waals surface area contributed by atoms with E-state index in [1.54, 1.807) is 6.07 Å². The van der Waals surface area contributed by atoms with Gasteiger partial charge in [-0.3, -0.25) is 10.2 Å². The molecule has 1 rings (SSSR count). The van der Waals surface area contributed by atoms with Gasteiger partial charge in [0.25, 0.3) is 5.91 Å². The molecule has 0 bridgehead atoms. The molecule has 0 radical (unpaired) electrons. The predicted molar refractivity (Wildman–Crippen MR) is 73.7 cm³/mol. The van der Waals surface area contributed by atoms with Gasteiger partial charge in [-0.2, -0.15) is 11.8 Å². The number of nitrogen functional groups attached to an aromatic ring is 1. The summed E-state index contributed by atoms with van der Waals surface area (Å²) < 4.78 is 0. The lowest BCUT2D eigenvalue weighted by molar-refractivity contribution is 0.0953. The van der Waals surface area contributed by atoms with E-state index in [-0.39, 0.29) is 5.91 Å². The lowest BCUT2D eigenvalue weighted by atomic mass is 10.1. The first-order valence-electron chi connectivity index (χ1n) is 5.76. The molecule has 0 aliphatic carbocycles. The van der Waals surface area contributed by atoms with Crippen LogP contribution in [0.3, 0.4) is 0 Å². The summed E-state index contributed by atoms with van der Waals surface area (Å²) in [6.07, 6.45) is 0. The van der Waals surface area contributed by atoms with Crippen molar-refractivity contribution in [1.29, 1.82) is 0 Å². The number of hydrogen-bond acceptors (Lipinski definition) is 3. The van der Waals surface area contributed by atoms with Gasteiger partial charge < -0.3 is 0 Å². The summed E-state index contributed by atoms with van der Waals surface area (Å²) in [5.41, 5.74) is 3.92. The van der Waals surface area contributed by atoms with E-state index in [4.69, 9.17) is 5.84 Å². The summed E-state index contributed by atoms with van der Waals surface area (Å²) >= 11 is 1.90. The fourth-order valence-corrected chi connectivity index (χ4v) is 2.33. The number of amides is 1. The van der Waals surface area contributed by atoms with Crippen LogP contribution in [0.4, 0.5) is 0 Å². The van der Waals surface area contributed by atoms with E-state index in [0.29, 0.717) is 16.7 Å². The third-order valence-corrected chi connectivity index (χ3v) is 4.34. The number of hydrazine groups is 1. The van der Waals surface area contributed by atoms with Gasteiger partial charge in [0.05, 0.1) is 0 Å². The van der Waals surface area contributed by atoms with Gasteiger partial charge in [-0.15, -0.1) is 0 Å². The largest absolute Gasteiger partial charge is 0.290 e. The highest BCUT2D eigenvalue weighted by molar-refractivity contribution is 7.99. The molecule has 4 heteroatoms. The van der Waals surface area contributed by atoms with Crippen molar-refractivity contribution in [3.8, 4) is 0 Å². The van der Waals surface area contributed by atoms with Crippen molar-refractivity contribution in [1.82, 2.24) is 5.43 Å². The second-order valence-electron chi connectivity index (χ2n) is 4.43. The van der Waals surface area contributed by atoms with Crippen molar-refractivity contribution in [2.75, 3.05) is 0 Å². The van der Waals surface area contributed by atoms with Gasteiger partial charge in [0.2, 0.25) is 0 Å². The molecular formula is C13H20N2OS. The summed E-state index contributed by atoms with van der Waals surface area (Å²) in [7, 11) is 0. The highest BCUT2D eigenvalue weighted by atomic mass is 32.2. The molecule has 3 N–H and O–H groups in total. The molecule has 3 nitrogen and oxygen atoms in total. The van der Waals surface area contributed by atoms with E-state index in [0.717, 1.165) is 11.3 Å². The van der Waals surface area contributed by atoms with Gasteiger partial charge in [-0.1, -0.05) is 32.9 Å².